The van der Waals surface area contributed by atoms with Crippen molar-refractivity contribution in [2.45, 2.75) is 25.7 Å². The largest absolute Gasteiger partial charge is 0.399 e. The number of nitrogens with two attached hydrogens (primary N) is 1. The molecule has 1 aromatic carbocycles. The van der Waals surface area contributed by atoms with Gasteiger partial charge in [0.15, 0.2) is 0 Å². The van der Waals surface area contributed by atoms with E-state index in [1.807, 2.05) is 7.05 Å². The van der Waals surface area contributed by atoms with Crippen LogP contribution in [0.1, 0.15) is 25.7 Å². The summed E-state index contributed by atoms with van der Waals surface area (Å²) in [5, 5.41) is 1.27. The zero-order valence-corrected chi connectivity index (χ0v) is 11.6. The number of benzene rings is 1. The lowest BCUT2D eigenvalue weighted by Crippen LogP contribution is -2.24. The third-order valence-electron chi connectivity index (χ3n) is 3.43. The summed E-state index contributed by atoms with van der Waals surface area (Å²) in [4.78, 5) is 2.15. The molecule has 1 aliphatic rings. The number of rotatable bonds is 3. The second-order valence-corrected chi connectivity index (χ2v) is 5.68. The van der Waals surface area contributed by atoms with Gasteiger partial charge in [0.25, 0.3) is 0 Å². The van der Waals surface area contributed by atoms with Crippen LogP contribution >= 0.6 is 23.2 Å². The van der Waals surface area contributed by atoms with Crippen molar-refractivity contribution >= 4 is 34.6 Å². The Labute approximate surface area is 113 Å². The fourth-order valence-electron chi connectivity index (χ4n) is 2.62. The van der Waals surface area contributed by atoms with Gasteiger partial charge in [-0.3, -0.25) is 0 Å². The molecule has 0 spiro atoms. The van der Waals surface area contributed by atoms with Crippen LogP contribution in [0.25, 0.3) is 0 Å². The van der Waals surface area contributed by atoms with E-state index >= 15 is 0 Å². The summed E-state index contributed by atoms with van der Waals surface area (Å²) in [6.45, 7) is 1.02. The van der Waals surface area contributed by atoms with Gasteiger partial charge in [-0.15, -0.1) is 0 Å². The second kappa shape index (κ2) is 5.36. The van der Waals surface area contributed by atoms with Gasteiger partial charge >= 0.3 is 0 Å². The van der Waals surface area contributed by atoms with Crippen LogP contribution in [0.3, 0.4) is 0 Å². The van der Waals surface area contributed by atoms with E-state index in [0.29, 0.717) is 15.7 Å². The van der Waals surface area contributed by atoms with Gasteiger partial charge in [0, 0.05) is 19.3 Å². The molecule has 1 aliphatic carbocycles. The lowest BCUT2D eigenvalue weighted by molar-refractivity contribution is 0.547. The molecule has 1 saturated carbocycles. The Morgan fingerprint density at radius 3 is 2.29 bits per heavy atom. The fraction of sp³-hybridized carbons (Fsp3) is 0.538. The van der Waals surface area contributed by atoms with E-state index in [9.17, 15) is 0 Å². The first kappa shape index (κ1) is 12.8. The molecule has 0 atom stereocenters. The summed E-state index contributed by atoms with van der Waals surface area (Å²) in [5.74, 6) is 0.768. The third kappa shape index (κ3) is 2.99. The molecule has 0 aliphatic heterocycles. The lowest BCUT2D eigenvalue weighted by Gasteiger charge is -2.25. The van der Waals surface area contributed by atoms with Gasteiger partial charge in [0.05, 0.1) is 15.7 Å². The van der Waals surface area contributed by atoms with E-state index in [0.717, 1.165) is 18.2 Å². The van der Waals surface area contributed by atoms with Crippen molar-refractivity contribution in [1.82, 2.24) is 0 Å². The zero-order chi connectivity index (χ0) is 12.4. The molecule has 4 heteroatoms. The Morgan fingerprint density at radius 1 is 1.24 bits per heavy atom. The van der Waals surface area contributed by atoms with Crippen molar-refractivity contribution in [2.75, 3.05) is 24.2 Å². The summed E-state index contributed by atoms with van der Waals surface area (Å²) in [6.07, 6.45) is 5.33. The molecular weight excluding hydrogens is 255 g/mol. The van der Waals surface area contributed by atoms with E-state index in [4.69, 9.17) is 28.9 Å². The van der Waals surface area contributed by atoms with Gasteiger partial charge < -0.3 is 10.6 Å². The average Bonchev–Trinajstić information content (AvgIpc) is 2.68. The van der Waals surface area contributed by atoms with Gasteiger partial charge in [0.1, 0.15) is 0 Å². The predicted molar refractivity (Wildman–Crippen MR) is 76.1 cm³/mol. The number of anilines is 2. The smallest absolute Gasteiger partial charge is 0.0743 e. The SMILES string of the molecule is CN(CC1CCCC1)c1c(Cl)cc(N)cc1Cl. The van der Waals surface area contributed by atoms with Crippen molar-refractivity contribution < 1.29 is 0 Å². The van der Waals surface area contributed by atoms with E-state index in [2.05, 4.69) is 4.90 Å². The van der Waals surface area contributed by atoms with Crippen molar-refractivity contribution in [2.24, 2.45) is 5.92 Å². The molecule has 94 valence electrons. The molecule has 1 aromatic rings. The predicted octanol–water partition coefficient (Wildman–Crippen LogP) is 4.20. The zero-order valence-electron chi connectivity index (χ0n) is 10.0. The first-order valence-electron chi connectivity index (χ1n) is 6.03. The normalized spacial score (nSPS) is 16.4. The standard InChI is InChI=1S/C13H18Cl2N2/c1-17(8-9-4-2-3-5-9)13-11(14)6-10(16)7-12(13)15/h6-7,9H,2-5,8,16H2,1H3. The highest BCUT2D eigenvalue weighted by molar-refractivity contribution is 6.39. The molecular formula is C13H18Cl2N2. The van der Waals surface area contributed by atoms with Crippen molar-refractivity contribution in [3.05, 3.63) is 22.2 Å². The highest BCUT2D eigenvalue weighted by Gasteiger charge is 2.19. The molecule has 0 saturated heterocycles. The number of hydrogen-bond donors (Lipinski definition) is 1. The van der Waals surface area contributed by atoms with Crippen molar-refractivity contribution in [3.63, 3.8) is 0 Å². The lowest BCUT2D eigenvalue weighted by atomic mass is 10.1. The Kier molecular flexibility index (Phi) is 4.05. The van der Waals surface area contributed by atoms with Gasteiger partial charge in [-0.05, 0) is 30.9 Å². The molecule has 0 heterocycles. The minimum absolute atomic E-state index is 0.609. The summed E-state index contributed by atoms with van der Waals surface area (Å²) in [5.41, 5.74) is 7.21. The maximum Gasteiger partial charge on any atom is 0.0743 e. The quantitative estimate of drug-likeness (QED) is 0.836. The van der Waals surface area contributed by atoms with Crippen molar-refractivity contribution in [3.8, 4) is 0 Å². The third-order valence-corrected chi connectivity index (χ3v) is 4.00. The van der Waals surface area contributed by atoms with Crippen LogP contribution in [0, 0.1) is 5.92 Å². The maximum atomic E-state index is 6.21. The van der Waals surface area contributed by atoms with E-state index in [1.54, 1.807) is 12.1 Å². The van der Waals surface area contributed by atoms with Crippen LogP contribution in [0.5, 0.6) is 0 Å². The topological polar surface area (TPSA) is 29.3 Å². The van der Waals surface area contributed by atoms with Gasteiger partial charge in [-0.2, -0.15) is 0 Å². The van der Waals surface area contributed by atoms with Crippen LogP contribution in [-0.2, 0) is 0 Å². The van der Waals surface area contributed by atoms with Crippen molar-refractivity contribution in [1.29, 1.82) is 0 Å². The molecule has 0 aromatic heterocycles. The van der Waals surface area contributed by atoms with Gasteiger partial charge in [-0.25, -0.2) is 0 Å². The molecule has 2 rings (SSSR count). The van der Waals surface area contributed by atoms with E-state index in [-0.39, 0.29) is 0 Å². The van der Waals surface area contributed by atoms with E-state index in [1.165, 1.54) is 25.7 Å². The molecule has 0 amide bonds. The van der Waals surface area contributed by atoms with Gasteiger partial charge in [0.2, 0.25) is 0 Å². The van der Waals surface area contributed by atoms with Crippen LogP contribution in [0.2, 0.25) is 10.0 Å². The molecule has 0 radical (unpaired) electrons. The second-order valence-electron chi connectivity index (χ2n) is 4.86. The molecule has 2 nitrogen and oxygen atoms in total. The average molecular weight is 273 g/mol. The number of halogens is 2. The number of hydrogen-bond acceptors (Lipinski definition) is 2. The van der Waals surface area contributed by atoms with Crippen LogP contribution in [0.15, 0.2) is 12.1 Å². The summed E-state index contributed by atoms with van der Waals surface area (Å²) in [6, 6.07) is 3.52. The summed E-state index contributed by atoms with van der Waals surface area (Å²) in [7, 11) is 2.04. The first-order chi connectivity index (χ1) is 8.08. The molecule has 17 heavy (non-hydrogen) atoms. The Balaban J connectivity index is 2.15. The Hall–Kier alpha value is -0.600. The Bertz CT molecular complexity index is 377. The minimum Gasteiger partial charge on any atom is -0.399 e. The highest BCUT2D eigenvalue weighted by Crippen LogP contribution is 2.36. The van der Waals surface area contributed by atoms with Crippen LogP contribution in [-0.4, -0.2) is 13.6 Å². The monoisotopic (exact) mass is 272 g/mol. The van der Waals surface area contributed by atoms with Crippen LogP contribution < -0.4 is 10.6 Å². The molecule has 0 unspecified atom stereocenters. The molecule has 0 bridgehead atoms. The van der Waals surface area contributed by atoms with E-state index < -0.39 is 0 Å². The summed E-state index contributed by atoms with van der Waals surface area (Å²) < 4.78 is 0. The highest BCUT2D eigenvalue weighted by atomic mass is 35.5. The minimum atomic E-state index is 0.609. The van der Waals surface area contributed by atoms with Gasteiger partial charge in [-0.1, -0.05) is 36.0 Å². The fourth-order valence-corrected chi connectivity index (χ4v) is 3.41. The summed E-state index contributed by atoms with van der Waals surface area (Å²) >= 11 is 12.4. The first-order valence-corrected chi connectivity index (χ1v) is 6.79. The molecule has 1 fully saturated rings. The Morgan fingerprint density at radius 2 is 1.76 bits per heavy atom. The maximum absolute atomic E-state index is 6.21. The number of nitrogen functional groups attached to an aromatic ring is 1. The number of nitrogens with zero attached hydrogens (tertiary/aromatic N) is 1. The van der Waals surface area contributed by atoms with Crippen LogP contribution in [0.4, 0.5) is 11.4 Å². The molecule has 2 N–H and O–H groups in total.